The predicted molar refractivity (Wildman–Crippen MR) is 79.7 cm³/mol. The summed E-state index contributed by atoms with van der Waals surface area (Å²) in [6, 6.07) is 0. The van der Waals surface area contributed by atoms with Crippen molar-refractivity contribution in [3.05, 3.63) is 12.7 Å². The van der Waals surface area contributed by atoms with E-state index in [0.717, 1.165) is 0 Å². The Morgan fingerprint density at radius 1 is 1.27 bits per heavy atom. The highest BCUT2D eigenvalue weighted by molar-refractivity contribution is 7.95. The van der Waals surface area contributed by atoms with E-state index >= 15 is 0 Å². The Kier molecular flexibility index (Phi) is 5.48. The van der Waals surface area contributed by atoms with E-state index in [1.807, 2.05) is 0 Å². The standard InChI is InChI=1S/C12H18N5O3S.HI/c1-21(2)3-6-8(18)9(19)12(20-6)17-5-16-7-10(13)14-4-15-11(7)17;/h4-6,8-9,12,18-19H,3H2,1-2H3,(H2,13,14,15);1H/q+1;/p-1/t6-,8-,9-,12+;/m1./s1. The lowest BCUT2D eigenvalue weighted by Crippen LogP contribution is -3.00. The van der Waals surface area contributed by atoms with Crippen LogP contribution in [0, 0.1) is 0 Å². The molecule has 1 aliphatic heterocycles. The molecule has 8 nitrogen and oxygen atoms in total. The molecule has 10 heteroatoms. The topological polar surface area (TPSA) is 119 Å². The number of fused-ring (bicyclic) bond motifs is 1. The number of aliphatic hydroxyl groups excluding tert-OH is 2. The van der Waals surface area contributed by atoms with Gasteiger partial charge in [0.25, 0.3) is 0 Å². The highest BCUT2D eigenvalue weighted by Crippen LogP contribution is 2.32. The number of imidazole rings is 1. The van der Waals surface area contributed by atoms with E-state index in [4.69, 9.17) is 10.5 Å². The molecule has 1 aliphatic rings. The Balaban J connectivity index is 0.00000176. The maximum absolute atomic E-state index is 10.2. The summed E-state index contributed by atoms with van der Waals surface area (Å²) in [7, 11) is 0.0998. The highest BCUT2D eigenvalue weighted by atomic mass is 127. The number of ether oxygens (including phenoxy) is 1. The fraction of sp³-hybridized carbons (Fsp3) is 0.583. The molecule has 4 N–H and O–H groups in total. The molecule has 2 aromatic heterocycles. The minimum absolute atomic E-state index is 0. The molecule has 0 radical (unpaired) electrons. The van der Waals surface area contributed by atoms with Crippen LogP contribution in [-0.4, -0.2) is 66.3 Å². The Bertz CT molecular complexity index is 655. The molecular weight excluding hydrogens is 421 g/mol. The van der Waals surface area contributed by atoms with Gasteiger partial charge >= 0.3 is 0 Å². The number of hydrogen-bond acceptors (Lipinski definition) is 7. The first-order valence-corrected chi connectivity index (χ1v) is 8.69. The van der Waals surface area contributed by atoms with E-state index in [0.29, 0.717) is 16.9 Å². The molecule has 122 valence electrons. The van der Waals surface area contributed by atoms with Gasteiger partial charge in [0.2, 0.25) is 0 Å². The molecule has 0 bridgehead atoms. The number of anilines is 1. The molecule has 0 saturated carbocycles. The van der Waals surface area contributed by atoms with Gasteiger partial charge in [-0.05, 0) is 10.9 Å². The van der Waals surface area contributed by atoms with E-state index in [9.17, 15) is 10.2 Å². The lowest BCUT2D eigenvalue weighted by molar-refractivity contribution is -0.0289. The van der Waals surface area contributed by atoms with Gasteiger partial charge in [-0.2, -0.15) is 0 Å². The van der Waals surface area contributed by atoms with E-state index in [-0.39, 0.29) is 40.7 Å². The van der Waals surface area contributed by atoms with Gasteiger partial charge in [-0.25, -0.2) is 15.0 Å². The maximum Gasteiger partial charge on any atom is 0.167 e. The molecule has 3 rings (SSSR count). The summed E-state index contributed by atoms with van der Waals surface area (Å²) in [6.07, 6.45) is 3.87. The van der Waals surface area contributed by atoms with Gasteiger partial charge in [-0.15, -0.1) is 0 Å². The summed E-state index contributed by atoms with van der Waals surface area (Å²) in [5.41, 5.74) is 6.68. The molecule has 0 unspecified atom stereocenters. The molecule has 0 amide bonds. The van der Waals surface area contributed by atoms with Crippen LogP contribution in [0.2, 0.25) is 0 Å². The fourth-order valence-electron chi connectivity index (χ4n) is 2.48. The van der Waals surface area contributed by atoms with Crippen molar-refractivity contribution in [1.82, 2.24) is 19.5 Å². The predicted octanol–water partition coefficient (Wildman–Crippen LogP) is -4.09. The van der Waals surface area contributed by atoms with Crippen LogP contribution in [0.3, 0.4) is 0 Å². The quantitative estimate of drug-likeness (QED) is 0.329. The zero-order chi connectivity index (χ0) is 15.1. The first-order chi connectivity index (χ1) is 9.99. The molecule has 3 heterocycles. The number of aromatic nitrogens is 4. The van der Waals surface area contributed by atoms with Crippen LogP contribution in [0.1, 0.15) is 6.23 Å². The number of hydrogen-bond donors (Lipinski definition) is 3. The maximum atomic E-state index is 10.2. The SMILES string of the molecule is C[S+](C)C[C@H]1O[C@H](n2cnc3c(N)ncnc32)[C@H](O)[C@@H]1O.[I-]. The Hall–Kier alpha value is -0.690. The van der Waals surface area contributed by atoms with E-state index < -0.39 is 24.5 Å². The largest absolute Gasteiger partial charge is 1.00 e. The van der Waals surface area contributed by atoms with Crippen LogP contribution in [0.4, 0.5) is 5.82 Å². The first kappa shape index (κ1) is 17.7. The Morgan fingerprint density at radius 2 is 2.00 bits per heavy atom. The zero-order valence-electron chi connectivity index (χ0n) is 12.1. The molecular formula is C12H18IN5O3S. The first-order valence-electron chi connectivity index (χ1n) is 6.48. The minimum atomic E-state index is -1.04. The van der Waals surface area contributed by atoms with Crippen molar-refractivity contribution < 1.29 is 38.9 Å². The monoisotopic (exact) mass is 439 g/mol. The molecule has 22 heavy (non-hydrogen) atoms. The average molecular weight is 439 g/mol. The van der Waals surface area contributed by atoms with Gasteiger partial charge in [0.15, 0.2) is 17.7 Å². The number of nitrogens with two attached hydrogens (primary N) is 1. The van der Waals surface area contributed by atoms with Gasteiger partial charge in [-0.1, -0.05) is 0 Å². The van der Waals surface area contributed by atoms with Crippen LogP contribution >= 0.6 is 0 Å². The van der Waals surface area contributed by atoms with Crippen molar-refractivity contribution >= 4 is 27.9 Å². The highest BCUT2D eigenvalue weighted by Gasteiger charge is 2.46. The number of halogens is 1. The lowest BCUT2D eigenvalue weighted by Gasteiger charge is -2.16. The molecule has 1 saturated heterocycles. The van der Waals surface area contributed by atoms with Gasteiger partial charge in [0.1, 0.15) is 35.9 Å². The van der Waals surface area contributed by atoms with Crippen molar-refractivity contribution in [2.24, 2.45) is 0 Å². The van der Waals surface area contributed by atoms with Crippen molar-refractivity contribution in [1.29, 1.82) is 0 Å². The number of nitrogen functional groups attached to an aromatic ring is 1. The van der Waals surface area contributed by atoms with Gasteiger partial charge < -0.3 is 44.7 Å². The summed E-state index contributed by atoms with van der Waals surface area (Å²) >= 11 is 0. The second-order valence-electron chi connectivity index (χ2n) is 5.28. The molecule has 0 aromatic carbocycles. The normalized spacial score (nSPS) is 28.2. The second kappa shape index (κ2) is 6.83. The third kappa shape index (κ3) is 3.02. The second-order valence-corrected chi connectivity index (χ2v) is 7.59. The Labute approximate surface area is 147 Å². The van der Waals surface area contributed by atoms with Crippen LogP contribution in [-0.2, 0) is 15.6 Å². The third-order valence-electron chi connectivity index (χ3n) is 3.50. The summed E-state index contributed by atoms with van der Waals surface area (Å²) in [5.74, 6) is 0.963. The van der Waals surface area contributed by atoms with Crippen molar-refractivity contribution in [3.63, 3.8) is 0 Å². The van der Waals surface area contributed by atoms with Crippen LogP contribution < -0.4 is 29.7 Å². The molecule has 0 spiro atoms. The van der Waals surface area contributed by atoms with E-state index in [2.05, 4.69) is 27.5 Å². The third-order valence-corrected chi connectivity index (χ3v) is 4.49. The smallest absolute Gasteiger partial charge is 0.167 e. The Morgan fingerprint density at radius 3 is 2.68 bits per heavy atom. The fourth-order valence-corrected chi connectivity index (χ4v) is 3.41. The van der Waals surface area contributed by atoms with Crippen LogP contribution in [0.5, 0.6) is 0 Å². The minimum Gasteiger partial charge on any atom is -1.00 e. The number of nitrogens with zero attached hydrogens (tertiary/aromatic N) is 4. The van der Waals surface area contributed by atoms with Gasteiger partial charge in [0.05, 0.1) is 18.8 Å². The number of rotatable bonds is 3. The van der Waals surface area contributed by atoms with E-state index in [1.54, 1.807) is 4.57 Å². The molecule has 2 aromatic rings. The zero-order valence-corrected chi connectivity index (χ0v) is 15.1. The molecule has 4 atom stereocenters. The molecule has 1 fully saturated rings. The summed E-state index contributed by atoms with van der Waals surface area (Å²) in [6.45, 7) is 0. The summed E-state index contributed by atoms with van der Waals surface area (Å²) < 4.78 is 7.41. The summed E-state index contributed by atoms with van der Waals surface area (Å²) in [4.78, 5) is 12.2. The summed E-state index contributed by atoms with van der Waals surface area (Å²) in [5, 5.41) is 20.4. The number of aliphatic hydroxyl groups is 2. The van der Waals surface area contributed by atoms with Gasteiger partial charge in [0, 0.05) is 0 Å². The molecule has 0 aliphatic carbocycles. The lowest BCUT2D eigenvalue weighted by atomic mass is 10.1. The van der Waals surface area contributed by atoms with Crippen molar-refractivity contribution in [3.8, 4) is 0 Å². The van der Waals surface area contributed by atoms with Crippen molar-refractivity contribution in [2.75, 3.05) is 24.0 Å². The van der Waals surface area contributed by atoms with Crippen molar-refractivity contribution in [2.45, 2.75) is 24.5 Å². The van der Waals surface area contributed by atoms with Gasteiger partial charge in [-0.3, -0.25) is 4.57 Å². The van der Waals surface area contributed by atoms with E-state index in [1.165, 1.54) is 12.7 Å². The van der Waals surface area contributed by atoms with Crippen LogP contribution in [0.25, 0.3) is 11.2 Å². The van der Waals surface area contributed by atoms with Crippen LogP contribution in [0.15, 0.2) is 12.7 Å². The average Bonchev–Trinajstić information content (AvgIpc) is 2.96.